The fourth-order valence-electron chi connectivity index (χ4n) is 3.55. The predicted molar refractivity (Wildman–Crippen MR) is 151 cm³/mol. The first-order chi connectivity index (χ1) is 18.2. The van der Waals surface area contributed by atoms with E-state index in [1.807, 2.05) is 0 Å². The molecule has 8 nitrogen and oxygen atoms in total. The molecular formula is C27H23Cl3N4O4. The van der Waals surface area contributed by atoms with Gasteiger partial charge in [-0.15, -0.1) is 0 Å². The number of fused-ring (bicyclic) bond motifs is 1. The van der Waals surface area contributed by atoms with Crippen LogP contribution in [0, 0.1) is 0 Å². The van der Waals surface area contributed by atoms with Crippen LogP contribution in [0.25, 0.3) is 10.9 Å². The summed E-state index contributed by atoms with van der Waals surface area (Å²) in [7, 11) is 0. The molecule has 0 spiro atoms. The molecule has 4 rings (SSSR count). The van der Waals surface area contributed by atoms with Gasteiger partial charge >= 0.3 is 11.8 Å². The van der Waals surface area contributed by atoms with E-state index in [0.29, 0.717) is 44.7 Å². The second-order valence-corrected chi connectivity index (χ2v) is 9.52. The summed E-state index contributed by atoms with van der Waals surface area (Å²) < 4.78 is 6.83. The monoisotopic (exact) mass is 572 g/mol. The Morgan fingerprint density at radius 3 is 2.26 bits per heavy atom. The van der Waals surface area contributed by atoms with Crippen LogP contribution in [-0.2, 0) is 9.59 Å². The Labute approximate surface area is 233 Å². The third-order valence-corrected chi connectivity index (χ3v) is 6.45. The highest BCUT2D eigenvalue weighted by atomic mass is 35.5. The number of aromatic nitrogens is 1. The van der Waals surface area contributed by atoms with Crippen molar-refractivity contribution in [2.45, 2.75) is 19.8 Å². The average Bonchev–Trinajstić information content (AvgIpc) is 3.24. The summed E-state index contributed by atoms with van der Waals surface area (Å²) in [5, 5.41) is 6.87. The second-order valence-electron chi connectivity index (χ2n) is 8.27. The first-order valence-corrected chi connectivity index (χ1v) is 12.8. The first kappa shape index (κ1) is 27.3. The van der Waals surface area contributed by atoms with Crippen LogP contribution in [0.4, 0.5) is 11.4 Å². The fourth-order valence-corrected chi connectivity index (χ4v) is 4.03. The lowest BCUT2D eigenvalue weighted by Crippen LogP contribution is -2.36. The largest absolute Gasteiger partial charge is 0.494 e. The summed E-state index contributed by atoms with van der Waals surface area (Å²) in [4.78, 5) is 38.6. The third kappa shape index (κ3) is 6.58. The van der Waals surface area contributed by atoms with Crippen molar-refractivity contribution in [3.8, 4) is 5.75 Å². The van der Waals surface area contributed by atoms with Crippen LogP contribution in [0.5, 0.6) is 5.75 Å². The molecule has 0 aliphatic rings. The third-order valence-electron chi connectivity index (χ3n) is 5.47. The number of nitrogens with one attached hydrogen (secondary N) is 3. The number of amides is 3. The minimum absolute atomic E-state index is 0.0584. The van der Waals surface area contributed by atoms with Crippen molar-refractivity contribution in [2.75, 3.05) is 22.7 Å². The van der Waals surface area contributed by atoms with Gasteiger partial charge in [0.1, 0.15) is 11.4 Å². The number of rotatable bonds is 8. The van der Waals surface area contributed by atoms with Gasteiger partial charge in [0, 0.05) is 21.8 Å². The molecule has 4 aromatic rings. The molecule has 0 radical (unpaired) electrons. The van der Waals surface area contributed by atoms with Crippen LogP contribution in [0.2, 0.25) is 15.1 Å². The zero-order valence-electron chi connectivity index (χ0n) is 20.2. The van der Waals surface area contributed by atoms with Crippen LogP contribution >= 0.6 is 34.8 Å². The molecule has 11 heteroatoms. The zero-order valence-corrected chi connectivity index (χ0v) is 22.5. The molecule has 0 unspecified atom stereocenters. The van der Waals surface area contributed by atoms with Crippen molar-refractivity contribution in [1.29, 1.82) is 0 Å². The molecule has 3 amide bonds. The van der Waals surface area contributed by atoms with E-state index in [2.05, 4.69) is 23.0 Å². The number of anilines is 2. The molecule has 0 atom stereocenters. The maximum absolute atomic E-state index is 13.1. The summed E-state index contributed by atoms with van der Waals surface area (Å²) >= 11 is 18.1. The second kappa shape index (κ2) is 12.2. The Balaban J connectivity index is 1.52. The molecule has 1 aromatic heterocycles. The number of unbranched alkanes of at least 4 members (excludes halogenated alkanes) is 1. The Morgan fingerprint density at radius 1 is 0.816 bits per heavy atom. The lowest BCUT2D eigenvalue weighted by Gasteiger charge is -2.13. The van der Waals surface area contributed by atoms with Gasteiger partial charge in [0.25, 0.3) is 5.91 Å². The average molecular weight is 574 g/mol. The molecule has 3 aromatic carbocycles. The normalized spacial score (nSPS) is 10.7. The minimum Gasteiger partial charge on any atom is -0.494 e. The molecule has 0 aliphatic heterocycles. The van der Waals surface area contributed by atoms with Crippen LogP contribution in [0.15, 0.2) is 66.7 Å². The molecule has 0 bridgehead atoms. The molecule has 1 heterocycles. The van der Waals surface area contributed by atoms with Gasteiger partial charge in [-0.25, -0.2) is 4.68 Å². The number of nitrogens with zero attached hydrogens (tertiary/aromatic N) is 1. The Morgan fingerprint density at radius 2 is 1.55 bits per heavy atom. The van der Waals surface area contributed by atoms with Gasteiger partial charge in [0.15, 0.2) is 0 Å². The van der Waals surface area contributed by atoms with Crippen LogP contribution in [0.1, 0.15) is 30.3 Å². The molecule has 0 fully saturated rings. The van der Waals surface area contributed by atoms with Gasteiger partial charge in [-0.3, -0.25) is 19.8 Å². The van der Waals surface area contributed by atoms with E-state index in [1.54, 1.807) is 60.7 Å². The Hall–Kier alpha value is -3.72. The lowest BCUT2D eigenvalue weighted by molar-refractivity contribution is -0.133. The van der Waals surface area contributed by atoms with E-state index in [4.69, 9.17) is 39.5 Å². The summed E-state index contributed by atoms with van der Waals surface area (Å²) in [5.74, 6) is -1.80. The van der Waals surface area contributed by atoms with Gasteiger partial charge in [-0.1, -0.05) is 48.1 Å². The lowest BCUT2D eigenvalue weighted by atomic mass is 10.2. The summed E-state index contributed by atoms with van der Waals surface area (Å²) in [6, 6.07) is 17.7. The number of carbonyl (C=O) groups excluding carboxylic acids is 3. The fraction of sp³-hybridized carbons (Fsp3) is 0.148. The van der Waals surface area contributed by atoms with Crippen molar-refractivity contribution in [3.63, 3.8) is 0 Å². The van der Waals surface area contributed by atoms with Gasteiger partial charge in [0.2, 0.25) is 0 Å². The van der Waals surface area contributed by atoms with E-state index in [-0.39, 0.29) is 10.7 Å². The smallest absolute Gasteiger partial charge is 0.328 e. The van der Waals surface area contributed by atoms with E-state index >= 15 is 0 Å². The van der Waals surface area contributed by atoms with E-state index < -0.39 is 17.7 Å². The summed E-state index contributed by atoms with van der Waals surface area (Å²) in [6.45, 7) is 2.67. The van der Waals surface area contributed by atoms with Crippen molar-refractivity contribution in [1.82, 2.24) is 4.68 Å². The maximum atomic E-state index is 13.1. The van der Waals surface area contributed by atoms with E-state index in [9.17, 15) is 14.4 Å². The minimum atomic E-state index is -0.982. The molecule has 3 N–H and O–H groups in total. The molecule has 0 saturated heterocycles. The van der Waals surface area contributed by atoms with Gasteiger partial charge in [0.05, 0.1) is 22.2 Å². The predicted octanol–water partition coefficient (Wildman–Crippen LogP) is 6.74. The van der Waals surface area contributed by atoms with Crippen molar-refractivity contribution in [2.24, 2.45) is 0 Å². The quantitative estimate of drug-likeness (QED) is 0.160. The van der Waals surface area contributed by atoms with Crippen LogP contribution < -0.4 is 20.8 Å². The van der Waals surface area contributed by atoms with E-state index in [1.165, 1.54) is 10.7 Å². The maximum Gasteiger partial charge on any atom is 0.328 e. The number of hydrogen-bond donors (Lipinski definition) is 3. The molecule has 0 saturated carbocycles. The first-order valence-electron chi connectivity index (χ1n) is 11.7. The zero-order chi connectivity index (χ0) is 27.2. The summed E-state index contributed by atoms with van der Waals surface area (Å²) in [6.07, 6.45) is 1.96. The topological polar surface area (TPSA) is 101 Å². The van der Waals surface area contributed by atoms with E-state index in [0.717, 1.165) is 12.8 Å². The summed E-state index contributed by atoms with van der Waals surface area (Å²) in [5.41, 5.74) is 3.82. The van der Waals surface area contributed by atoms with Crippen LogP contribution in [-0.4, -0.2) is 29.0 Å². The highest BCUT2D eigenvalue weighted by Gasteiger charge is 2.21. The molecular weight excluding hydrogens is 551 g/mol. The number of ether oxygens (including phenoxy) is 1. The Bertz CT molecular complexity index is 1500. The molecule has 0 aliphatic carbocycles. The number of benzene rings is 3. The van der Waals surface area contributed by atoms with Crippen molar-refractivity contribution in [3.05, 3.63) is 87.5 Å². The highest BCUT2D eigenvalue weighted by molar-refractivity contribution is 6.43. The van der Waals surface area contributed by atoms with Gasteiger partial charge in [-0.05, 0) is 73.2 Å². The Kier molecular flexibility index (Phi) is 8.78. The number of halogens is 3. The number of carbonyl (C=O) groups is 3. The van der Waals surface area contributed by atoms with Crippen LogP contribution in [0.3, 0.4) is 0 Å². The number of hydrogen-bond acceptors (Lipinski definition) is 4. The molecule has 196 valence electrons. The van der Waals surface area contributed by atoms with Crippen molar-refractivity contribution < 1.29 is 19.1 Å². The SMILES string of the molecule is CCCCOc1ccc(NC(=O)C(=O)Nn2c(C(=O)Nc3ccc(Cl)c(Cl)c3)cc3cc(Cl)ccc32)cc1. The van der Waals surface area contributed by atoms with Crippen molar-refractivity contribution >= 4 is 74.8 Å². The van der Waals surface area contributed by atoms with Gasteiger partial charge < -0.3 is 15.4 Å². The standard InChI is InChI=1S/C27H23Cl3N4O4/c1-2-3-12-38-20-8-5-18(6-9-20)31-26(36)27(37)33-34-23-11-4-17(28)13-16(23)14-24(34)25(35)32-19-7-10-21(29)22(30)15-19/h4-11,13-15H,2-3,12H2,1H3,(H,31,36)(H,32,35)(H,33,37). The molecule has 38 heavy (non-hydrogen) atoms. The highest BCUT2D eigenvalue weighted by Crippen LogP contribution is 2.27. The van der Waals surface area contributed by atoms with Gasteiger partial charge in [-0.2, -0.15) is 0 Å².